The van der Waals surface area contributed by atoms with Crippen LogP contribution >= 0.6 is 0 Å². The van der Waals surface area contributed by atoms with Crippen LogP contribution in [0.4, 0.5) is 5.69 Å². The van der Waals surface area contributed by atoms with E-state index in [0.29, 0.717) is 58.0 Å². The van der Waals surface area contributed by atoms with Gasteiger partial charge in [0.1, 0.15) is 73.1 Å². The summed E-state index contributed by atoms with van der Waals surface area (Å²) in [5.74, 6) is 0.977. The van der Waals surface area contributed by atoms with Gasteiger partial charge in [-0.25, -0.2) is 9.78 Å². The smallest absolute Gasteiger partial charge is 0.222 e. The van der Waals surface area contributed by atoms with Gasteiger partial charge in [0.2, 0.25) is 11.3 Å². The number of aliphatic hydroxyl groups excluding tert-OH is 5. The quantitative estimate of drug-likeness (QED) is 0.0781. The van der Waals surface area contributed by atoms with Gasteiger partial charge < -0.3 is 39.8 Å². The Balaban J connectivity index is 1.16. The van der Waals surface area contributed by atoms with Crippen LogP contribution in [0.2, 0.25) is 0 Å². The van der Waals surface area contributed by atoms with Gasteiger partial charge in [0.25, 0.3) is 0 Å². The van der Waals surface area contributed by atoms with Crippen LogP contribution in [0.3, 0.4) is 0 Å². The Labute approximate surface area is 292 Å². The first-order chi connectivity index (χ1) is 24.5. The lowest BCUT2D eigenvalue weighted by Gasteiger charge is -2.42. The molecule has 9 unspecified atom stereocenters. The third kappa shape index (κ3) is 6.44. The summed E-state index contributed by atoms with van der Waals surface area (Å²) in [6.45, 7) is 2.21. The molecular formula is C36H44N4O11+2. The molecule has 0 bridgehead atoms. The number of nitrogens with one attached hydrogen (secondary N) is 2. The Morgan fingerprint density at radius 2 is 1.98 bits per heavy atom. The molecule has 1 aromatic heterocycles. The highest BCUT2D eigenvalue weighted by Crippen LogP contribution is 2.44. The average Bonchev–Trinajstić information content (AvgIpc) is 3.90. The molecule has 15 heteroatoms. The fourth-order valence-electron chi connectivity index (χ4n) is 7.56. The van der Waals surface area contributed by atoms with Crippen molar-refractivity contribution in [3.05, 3.63) is 82.3 Å². The molecule has 7 rings (SSSR count). The topological polar surface area (TPSA) is 213 Å². The van der Waals surface area contributed by atoms with Crippen molar-refractivity contribution in [1.29, 1.82) is 0 Å². The van der Waals surface area contributed by atoms with Crippen LogP contribution in [0.1, 0.15) is 31.1 Å². The van der Waals surface area contributed by atoms with Gasteiger partial charge in [0.05, 0.1) is 23.8 Å². The second-order valence-electron chi connectivity index (χ2n) is 14.0. The first-order valence-electron chi connectivity index (χ1n) is 17.1. The molecule has 5 aliphatic heterocycles. The van der Waals surface area contributed by atoms with Crippen LogP contribution in [0.25, 0.3) is 11.0 Å². The lowest BCUT2D eigenvalue weighted by atomic mass is 9.85. The summed E-state index contributed by atoms with van der Waals surface area (Å²) < 4.78 is 13.0. The molecule has 9 atom stereocenters. The van der Waals surface area contributed by atoms with Gasteiger partial charge in [-0.1, -0.05) is 0 Å². The summed E-state index contributed by atoms with van der Waals surface area (Å²) in [5.41, 5.74) is 0.709. The molecule has 15 nitrogen and oxygen atoms in total. The maximum atomic E-state index is 13.3. The van der Waals surface area contributed by atoms with Crippen LogP contribution in [-0.2, 0) is 16.2 Å². The summed E-state index contributed by atoms with van der Waals surface area (Å²) in [6, 6.07) is 2.91. The predicted octanol–water partition coefficient (Wildman–Crippen LogP) is -2.18. The van der Waals surface area contributed by atoms with Crippen LogP contribution in [-0.4, -0.2) is 117 Å². The van der Waals surface area contributed by atoms with Crippen LogP contribution in [0.15, 0.2) is 79.9 Å². The molecule has 6 heterocycles. The summed E-state index contributed by atoms with van der Waals surface area (Å²) in [7, 11) is 0. The van der Waals surface area contributed by atoms with Crippen molar-refractivity contribution >= 4 is 28.1 Å². The average molecular weight is 709 g/mol. The summed E-state index contributed by atoms with van der Waals surface area (Å²) >= 11 is 0. The van der Waals surface area contributed by atoms with Crippen molar-refractivity contribution in [2.75, 3.05) is 32.9 Å². The molecule has 1 aromatic carbocycles. The summed E-state index contributed by atoms with van der Waals surface area (Å²) in [4.78, 5) is 35.1. The van der Waals surface area contributed by atoms with E-state index in [1.54, 1.807) is 37.7 Å². The number of hydrogen-bond donors (Lipinski definition) is 8. The van der Waals surface area contributed by atoms with Gasteiger partial charge in [-0.15, -0.1) is 0 Å². The Bertz CT molecular complexity index is 1940. The van der Waals surface area contributed by atoms with E-state index in [-0.39, 0.29) is 31.0 Å². The van der Waals surface area contributed by atoms with E-state index in [4.69, 9.17) is 18.9 Å². The highest BCUT2D eigenvalue weighted by atomic mass is 17.2. The number of quaternary nitrogens is 2. The molecule has 2 aromatic rings. The first-order valence-corrected chi connectivity index (χ1v) is 17.1. The second-order valence-corrected chi connectivity index (χ2v) is 14.0. The van der Waals surface area contributed by atoms with Crippen molar-refractivity contribution in [3.8, 4) is 5.75 Å². The molecule has 0 fully saturated rings. The number of ether oxygens (including phenoxy) is 1. The van der Waals surface area contributed by atoms with Gasteiger partial charge >= 0.3 is 0 Å². The van der Waals surface area contributed by atoms with Gasteiger partial charge in [0, 0.05) is 43.1 Å². The zero-order valence-corrected chi connectivity index (χ0v) is 28.4. The molecule has 0 amide bonds. The number of aryl methyl sites for hydroxylation is 1. The SMILES string of the molecule is Cc1cc(=O)c2cc3c(c([NH+]4C=C5C=CN=C5C4)c2o1)OC(C)(CCCO)C(OOCC(O)C(O)(C[NH+]1C=CC2=NC=CC21)C(O)C(O)CO)C3. The first kappa shape index (κ1) is 35.5. The van der Waals surface area contributed by atoms with Crippen molar-refractivity contribution in [1.82, 2.24) is 0 Å². The minimum Gasteiger partial charge on any atom is -0.478 e. The minimum atomic E-state index is -2.35. The third-order valence-corrected chi connectivity index (χ3v) is 10.5. The van der Waals surface area contributed by atoms with E-state index >= 15 is 0 Å². The normalized spacial score (nSPS) is 28.8. The standard InChI is InChI=1S/C36H42N4O11/c1-20-12-27(43)23-13-22-14-30(35(2,7-3-11-41)50-32(22)31(33(23)49-20)40-15-21-4-8-38-25(21)16-40)51-48-18-29(45)36(47,34(46)28(44)17-42)19-39-10-6-24-26(39)5-9-37-24/h4-6,8-10,12-13,15,26,28-30,34,41-42,44-47H,3,7,11,14,16-19H2,1-2H3/p+2. The minimum absolute atomic E-state index is 0.111. The molecule has 0 radical (unpaired) electrons. The summed E-state index contributed by atoms with van der Waals surface area (Å²) in [6.07, 6.45) is 7.27. The Morgan fingerprint density at radius 1 is 1.16 bits per heavy atom. The number of hydrogen-bond acceptors (Lipinski definition) is 13. The molecule has 0 aliphatic carbocycles. The van der Waals surface area contributed by atoms with Gasteiger partial charge in [-0.3, -0.25) is 24.6 Å². The molecule has 0 saturated carbocycles. The van der Waals surface area contributed by atoms with Crippen molar-refractivity contribution in [2.45, 2.75) is 74.8 Å². The zero-order chi connectivity index (χ0) is 36.1. The van der Waals surface area contributed by atoms with E-state index in [1.165, 1.54) is 6.07 Å². The Morgan fingerprint density at radius 3 is 2.75 bits per heavy atom. The summed E-state index contributed by atoms with van der Waals surface area (Å²) in [5, 5.41) is 64.0. The Hall–Kier alpha value is -3.87. The molecule has 5 aliphatic rings. The molecule has 0 saturated heterocycles. The fraction of sp³-hybridized carbons (Fsp3) is 0.472. The number of rotatable bonds is 14. The molecule has 51 heavy (non-hydrogen) atoms. The highest BCUT2D eigenvalue weighted by molar-refractivity contribution is 6.07. The van der Waals surface area contributed by atoms with Crippen molar-refractivity contribution in [2.24, 2.45) is 9.98 Å². The van der Waals surface area contributed by atoms with E-state index in [2.05, 4.69) is 9.98 Å². The van der Waals surface area contributed by atoms with Crippen LogP contribution in [0.5, 0.6) is 5.75 Å². The van der Waals surface area contributed by atoms with E-state index in [9.17, 15) is 35.4 Å². The molecule has 8 N–H and O–H groups in total. The lowest BCUT2D eigenvalue weighted by molar-refractivity contribution is -0.861. The number of allylic oxidation sites excluding steroid dienone is 1. The van der Waals surface area contributed by atoms with E-state index in [0.717, 1.165) is 21.9 Å². The molecular weight excluding hydrogens is 664 g/mol. The number of aliphatic hydroxyl groups is 6. The second kappa shape index (κ2) is 13.9. The maximum Gasteiger partial charge on any atom is 0.222 e. The van der Waals surface area contributed by atoms with E-state index in [1.807, 2.05) is 25.3 Å². The number of benzene rings is 1. The van der Waals surface area contributed by atoms with Gasteiger partial charge in [0.15, 0.2) is 22.8 Å². The maximum absolute atomic E-state index is 13.3. The number of aliphatic imine (C=N–C) groups is 2. The predicted molar refractivity (Wildman–Crippen MR) is 183 cm³/mol. The monoisotopic (exact) mass is 708 g/mol. The van der Waals surface area contributed by atoms with Gasteiger partial charge in [-0.2, -0.15) is 0 Å². The van der Waals surface area contributed by atoms with Crippen LogP contribution in [0, 0.1) is 6.92 Å². The Kier molecular flexibility index (Phi) is 9.70. The van der Waals surface area contributed by atoms with Crippen molar-refractivity contribution in [3.63, 3.8) is 0 Å². The highest BCUT2D eigenvalue weighted by Gasteiger charge is 2.52. The fourth-order valence-corrected chi connectivity index (χ4v) is 7.56. The van der Waals surface area contributed by atoms with Crippen LogP contribution < -0.4 is 20.0 Å². The molecule has 0 spiro atoms. The molecule has 272 valence electrons. The van der Waals surface area contributed by atoms with Crippen molar-refractivity contribution < 1.29 is 59.4 Å². The lowest BCUT2D eigenvalue weighted by Crippen LogP contribution is -3.13. The third-order valence-electron chi connectivity index (χ3n) is 10.5. The zero-order valence-electron chi connectivity index (χ0n) is 28.4. The number of nitrogens with zero attached hydrogens (tertiary/aromatic N) is 2. The van der Waals surface area contributed by atoms with E-state index < -0.39 is 48.8 Å². The largest absolute Gasteiger partial charge is 0.478 e. The number of fused-ring (bicyclic) bond motifs is 4. The van der Waals surface area contributed by atoms with Gasteiger partial charge in [-0.05, 0) is 44.9 Å².